The van der Waals surface area contributed by atoms with Gasteiger partial charge >= 0.3 is 0 Å². The van der Waals surface area contributed by atoms with E-state index in [4.69, 9.17) is 4.74 Å². The van der Waals surface area contributed by atoms with Crippen molar-refractivity contribution >= 4 is 16.7 Å². The second-order valence-corrected chi connectivity index (χ2v) is 4.90. The van der Waals surface area contributed by atoms with E-state index < -0.39 is 0 Å². The molecule has 4 heteroatoms. The van der Waals surface area contributed by atoms with Crippen LogP contribution in [0.2, 0.25) is 0 Å². The number of nitrogens with zero attached hydrogens (tertiary/aromatic N) is 2. The Labute approximate surface area is 123 Å². The first-order chi connectivity index (χ1) is 10.3. The third-order valence-corrected chi connectivity index (χ3v) is 3.45. The quantitative estimate of drug-likeness (QED) is 0.789. The lowest BCUT2D eigenvalue weighted by Crippen LogP contribution is -2.06. The van der Waals surface area contributed by atoms with Gasteiger partial charge in [-0.25, -0.2) is 0 Å². The summed E-state index contributed by atoms with van der Waals surface area (Å²) in [6.07, 6.45) is 3.41. The van der Waals surface area contributed by atoms with Crippen LogP contribution in [-0.4, -0.2) is 17.1 Å². The lowest BCUT2D eigenvalue weighted by Gasteiger charge is -2.16. The average Bonchev–Trinajstić information content (AvgIpc) is 2.54. The van der Waals surface area contributed by atoms with E-state index in [0.717, 1.165) is 22.5 Å². The van der Waals surface area contributed by atoms with Gasteiger partial charge in [0.05, 0.1) is 18.1 Å². The van der Waals surface area contributed by atoms with Crippen molar-refractivity contribution in [3.8, 4) is 5.75 Å². The molecule has 4 nitrogen and oxygen atoms in total. The van der Waals surface area contributed by atoms with Crippen LogP contribution in [0.15, 0.2) is 54.9 Å². The normalized spacial score (nSPS) is 12.1. The van der Waals surface area contributed by atoms with Gasteiger partial charge in [-0.15, -0.1) is 0 Å². The molecule has 0 radical (unpaired) electrons. The summed E-state index contributed by atoms with van der Waals surface area (Å²) in [5, 5.41) is 3.48. The Bertz CT molecular complexity index is 758. The molecular weight excluding hydrogens is 262 g/mol. The molecular formula is C17H17N3O. The van der Waals surface area contributed by atoms with Gasteiger partial charge in [-0.1, -0.05) is 12.1 Å². The highest BCUT2D eigenvalue weighted by Gasteiger charge is 2.07. The summed E-state index contributed by atoms with van der Waals surface area (Å²) in [5.41, 5.74) is 3.99. The summed E-state index contributed by atoms with van der Waals surface area (Å²) in [6, 6.07) is 14.3. The molecule has 0 aliphatic carbocycles. The fourth-order valence-corrected chi connectivity index (χ4v) is 2.30. The number of anilines is 1. The number of nitrogens with one attached hydrogen (secondary N) is 1. The molecule has 0 spiro atoms. The van der Waals surface area contributed by atoms with E-state index in [1.165, 1.54) is 5.56 Å². The van der Waals surface area contributed by atoms with Crippen LogP contribution in [-0.2, 0) is 0 Å². The summed E-state index contributed by atoms with van der Waals surface area (Å²) >= 11 is 0. The predicted molar refractivity (Wildman–Crippen MR) is 84.6 cm³/mol. The summed E-state index contributed by atoms with van der Waals surface area (Å²) < 4.78 is 5.27. The molecule has 3 aromatic rings. The van der Waals surface area contributed by atoms with Crippen LogP contribution in [0.5, 0.6) is 5.75 Å². The Morgan fingerprint density at radius 3 is 2.62 bits per heavy atom. The number of aromatic nitrogens is 2. The topological polar surface area (TPSA) is 47.0 Å². The van der Waals surface area contributed by atoms with E-state index >= 15 is 0 Å². The van der Waals surface area contributed by atoms with Crippen molar-refractivity contribution in [2.75, 3.05) is 12.4 Å². The highest BCUT2D eigenvalue weighted by atomic mass is 16.5. The van der Waals surface area contributed by atoms with Crippen molar-refractivity contribution in [2.45, 2.75) is 13.0 Å². The van der Waals surface area contributed by atoms with E-state index in [1.54, 1.807) is 19.5 Å². The molecule has 0 saturated heterocycles. The molecule has 0 fully saturated rings. The first-order valence-electron chi connectivity index (χ1n) is 6.87. The molecule has 0 bridgehead atoms. The van der Waals surface area contributed by atoms with Crippen molar-refractivity contribution in [2.24, 2.45) is 0 Å². The molecule has 1 aromatic heterocycles. The minimum atomic E-state index is 0.175. The zero-order chi connectivity index (χ0) is 14.7. The number of benzene rings is 2. The molecule has 0 amide bonds. The van der Waals surface area contributed by atoms with E-state index in [2.05, 4.69) is 28.3 Å². The zero-order valence-corrected chi connectivity index (χ0v) is 12.1. The Morgan fingerprint density at radius 2 is 1.81 bits per heavy atom. The molecule has 0 saturated carbocycles. The van der Waals surface area contributed by atoms with Crippen LogP contribution in [0.1, 0.15) is 18.5 Å². The molecule has 21 heavy (non-hydrogen) atoms. The summed E-state index contributed by atoms with van der Waals surface area (Å²) in [4.78, 5) is 8.60. The number of hydrogen-bond donors (Lipinski definition) is 1. The van der Waals surface area contributed by atoms with Crippen molar-refractivity contribution in [1.82, 2.24) is 9.97 Å². The molecule has 1 atom stereocenters. The van der Waals surface area contributed by atoms with E-state index in [0.29, 0.717) is 0 Å². The van der Waals surface area contributed by atoms with Gasteiger partial charge in [0.25, 0.3) is 0 Å². The Balaban J connectivity index is 1.83. The fraction of sp³-hybridized carbons (Fsp3) is 0.176. The number of hydrogen-bond acceptors (Lipinski definition) is 4. The van der Waals surface area contributed by atoms with Crippen LogP contribution in [0.25, 0.3) is 11.0 Å². The molecule has 1 unspecified atom stereocenters. The molecule has 0 aliphatic heterocycles. The number of fused-ring (bicyclic) bond motifs is 1. The van der Waals surface area contributed by atoms with E-state index in [1.807, 2.05) is 36.4 Å². The molecule has 0 aliphatic rings. The average molecular weight is 279 g/mol. The highest BCUT2D eigenvalue weighted by molar-refractivity contribution is 5.78. The van der Waals surface area contributed by atoms with Crippen LogP contribution >= 0.6 is 0 Å². The predicted octanol–water partition coefficient (Wildman–Crippen LogP) is 3.81. The minimum absolute atomic E-state index is 0.175. The lowest BCUT2D eigenvalue weighted by atomic mass is 10.1. The standard InChI is InChI=1S/C17H17N3O/c1-12(13-4-3-5-15(10-13)21-2)20-14-6-7-16-17(11-14)19-9-8-18-16/h3-12,20H,1-2H3. The fourth-order valence-electron chi connectivity index (χ4n) is 2.30. The van der Waals surface area contributed by atoms with Gasteiger partial charge in [-0.3, -0.25) is 9.97 Å². The van der Waals surface area contributed by atoms with Gasteiger partial charge in [0.2, 0.25) is 0 Å². The second-order valence-electron chi connectivity index (χ2n) is 4.90. The SMILES string of the molecule is COc1cccc(C(C)Nc2ccc3nccnc3c2)c1. The largest absolute Gasteiger partial charge is 0.497 e. The second kappa shape index (κ2) is 5.79. The maximum atomic E-state index is 5.27. The van der Waals surface area contributed by atoms with Gasteiger partial charge in [0, 0.05) is 24.1 Å². The molecule has 1 N–H and O–H groups in total. The Morgan fingerprint density at radius 1 is 1.00 bits per heavy atom. The molecule has 2 aromatic carbocycles. The molecule has 106 valence electrons. The summed E-state index contributed by atoms with van der Waals surface area (Å²) in [6.45, 7) is 2.12. The lowest BCUT2D eigenvalue weighted by molar-refractivity contribution is 0.414. The number of rotatable bonds is 4. The maximum Gasteiger partial charge on any atom is 0.119 e. The van der Waals surface area contributed by atoms with Crippen LogP contribution in [0.3, 0.4) is 0 Å². The first-order valence-corrected chi connectivity index (χ1v) is 6.87. The molecule has 3 rings (SSSR count). The van der Waals surface area contributed by atoms with Gasteiger partial charge in [0.15, 0.2) is 0 Å². The maximum absolute atomic E-state index is 5.27. The Kier molecular flexibility index (Phi) is 3.69. The zero-order valence-electron chi connectivity index (χ0n) is 12.1. The van der Waals surface area contributed by atoms with Crippen LogP contribution < -0.4 is 10.1 Å². The van der Waals surface area contributed by atoms with Crippen molar-refractivity contribution in [3.63, 3.8) is 0 Å². The highest BCUT2D eigenvalue weighted by Crippen LogP contribution is 2.24. The van der Waals surface area contributed by atoms with Gasteiger partial charge in [0.1, 0.15) is 5.75 Å². The van der Waals surface area contributed by atoms with Crippen LogP contribution in [0, 0.1) is 0 Å². The van der Waals surface area contributed by atoms with E-state index in [-0.39, 0.29) is 6.04 Å². The third-order valence-electron chi connectivity index (χ3n) is 3.45. The number of ether oxygens (including phenoxy) is 1. The Hall–Kier alpha value is -2.62. The summed E-state index contributed by atoms with van der Waals surface area (Å²) in [5.74, 6) is 0.866. The van der Waals surface area contributed by atoms with Crippen LogP contribution in [0.4, 0.5) is 5.69 Å². The smallest absolute Gasteiger partial charge is 0.119 e. The number of methoxy groups -OCH3 is 1. The minimum Gasteiger partial charge on any atom is -0.497 e. The molecule has 1 heterocycles. The van der Waals surface area contributed by atoms with Gasteiger partial charge in [-0.2, -0.15) is 0 Å². The summed E-state index contributed by atoms with van der Waals surface area (Å²) in [7, 11) is 1.68. The van der Waals surface area contributed by atoms with Gasteiger partial charge in [-0.05, 0) is 42.8 Å². The van der Waals surface area contributed by atoms with Crippen molar-refractivity contribution < 1.29 is 4.74 Å². The van der Waals surface area contributed by atoms with Crippen molar-refractivity contribution in [1.29, 1.82) is 0 Å². The third kappa shape index (κ3) is 2.94. The first kappa shape index (κ1) is 13.4. The monoisotopic (exact) mass is 279 g/mol. The van der Waals surface area contributed by atoms with Crippen molar-refractivity contribution in [3.05, 3.63) is 60.4 Å². The van der Waals surface area contributed by atoms with Gasteiger partial charge < -0.3 is 10.1 Å². The van der Waals surface area contributed by atoms with E-state index in [9.17, 15) is 0 Å².